The number of hydrogen-bond acceptors (Lipinski definition) is 3. The van der Waals surface area contributed by atoms with Crippen molar-refractivity contribution in [2.24, 2.45) is 0 Å². The molecule has 2 aliphatic heterocycles. The monoisotopic (exact) mass is 288 g/mol. The first-order valence-electron chi connectivity index (χ1n) is 8.45. The van der Waals surface area contributed by atoms with Crippen molar-refractivity contribution in [3.05, 3.63) is 29.3 Å². The highest BCUT2D eigenvalue weighted by atomic mass is 16.5. The molecule has 2 aliphatic rings. The number of hydrogen-bond donors (Lipinski definition) is 1. The number of likely N-dealkylation sites (tertiary alicyclic amines) is 1. The van der Waals surface area contributed by atoms with Gasteiger partial charge in [-0.3, -0.25) is 4.90 Å². The normalized spacial score (nSPS) is 23.1. The fourth-order valence-electron chi connectivity index (χ4n) is 3.62. The number of piperidine rings is 1. The van der Waals surface area contributed by atoms with E-state index in [1.54, 1.807) is 0 Å². The van der Waals surface area contributed by atoms with Gasteiger partial charge in [0.05, 0.1) is 0 Å². The summed E-state index contributed by atoms with van der Waals surface area (Å²) in [5, 5.41) is 3.43. The number of nitrogens with one attached hydrogen (secondary N) is 1. The second-order valence-electron chi connectivity index (χ2n) is 6.65. The van der Waals surface area contributed by atoms with E-state index in [9.17, 15) is 0 Å². The molecule has 1 saturated heterocycles. The average molecular weight is 288 g/mol. The molecule has 0 amide bonds. The summed E-state index contributed by atoms with van der Waals surface area (Å²) in [6, 6.07) is 7.81. The molecule has 1 fully saturated rings. The molecule has 3 rings (SSSR count). The van der Waals surface area contributed by atoms with Crippen LogP contribution in [0.5, 0.6) is 5.75 Å². The van der Waals surface area contributed by atoms with Gasteiger partial charge in [-0.25, -0.2) is 0 Å². The van der Waals surface area contributed by atoms with Crippen molar-refractivity contribution in [1.82, 2.24) is 10.2 Å². The fraction of sp³-hybridized carbons (Fsp3) is 0.667. The lowest BCUT2D eigenvalue weighted by molar-refractivity contribution is 0.0732. The minimum absolute atomic E-state index is 0.577. The zero-order valence-electron chi connectivity index (χ0n) is 13.4. The lowest BCUT2D eigenvalue weighted by atomic mass is 10.0. The summed E-state index contributed by atoms with van der Waals surface area (Å²) in [5.41, 5.74) is 2.88. The summed E-state index contributed by atoms with van der Waals surface area (Å²) in [4.78, 5) is 2.60. The molecule has 1 aromatic carbocycles. The number of fused-ring (bicyclic) bond motifs is 1. The SMILES string of the molecule is CC(C)N1CCCCC1COc1ccc2c(c1)CNCC2. The first-order chi connectivity index (χ1) is 10.2. The van der Waals surface area contributed by atoms with E-state index in [2.05, 4.69) is 42.3 Å². The van der Waals surface area contributed by atoms with E-state index in [4.69, 9.17) is 4.74 Å². The van der Waals surface area contributed by atoms with Crippen molar-refractivity contribution < 1.29 is 4.74 Å². The van der Waals surface area contributed by atoms with Crippen LogP contribution in [-0.4, -0.2) is 36.7 Å². The summed E-state index contributed by atoms with van der Waals surface area (Å²) in [6.07, 6.45) is 5.08. The Hall–Kier alpha value is -1.06. The van der Waals surface area contributed by atoms with Crippen LogP contribution in [0.25, 0.3) is 0 Å². The Morgan fingerprint density at radius 1 is 1.29 bits per heavy atom. The van der Waals surface area contributed by atoms with Crippen molar-refractivity contribution in [3.63, 3.8) is 0 Å². The van der Waals surface area contributed by atoms with Crippen molar-refractivity contribution >= 4 is 0 Å². The van der Waals surface area contributed by atoms with Crippen molar-refractivity contribution in [2.45, 2.75) is 58.2 Å². The molecule has 3 heteroatoms. The van der Waals surface area contributed by atoms with Crippen LogP contribution in [0.3, 0.4) is 0 Å². The predicted molar refractivity (Wildman–Crippen MR) is 86.8 cm³/mol. The molecule has 0 aromatic heterocycles. The minimum Gasteiger partial charge on any atom is -0.492 e. The molecule has 0 saturated carbocycles. The molecule has 21 heavy (non-hydrogen) atoms. The quantitative estimate of drug-likeness (QED) is 0.922. The van der Waals surface area contributed by atoms with Crippen LogP contribution in [0.2, 0.25) is 0 Å². The van der Waals surface area contributed by atoms with Crippen molar-refractivity contribution in [1.29, 1.82) is 0 Å². The third-order valence-electron chi connectivity index (χ3n) is 4.84. The minimum atomic E-state index is 0.577. The Labute approximate surface area is 128 Å². The van der Waals surface area contributed by atoms with E-state index in [1.165, 1.54) is 36.9 Å². The predicted octanol–water partition coefficient (Wildman–Crippen LogP) is 2.97. The van der Waals surface area contributed by atoms with Crippen LogP contribution >= 0.6 is 0 Å². The molecule has 1 unspecified atom stereocenters. The maximum atomic E-state index is 6.12. The van der Waals surface area contributed by atoms with Gasteiger partial charge in [-0.1, -0.05) is 12.5 Å². The Morgan fingerprint density at radius 2 is 2.19 bits per heavy atom. The molecular formula is C18H28N2O. The van der Waals surface area contributed by atoms with Gasteiger partial charge in [-0.15, -0.1) is 0 Å². The van der Waals surface area contributed by atoms with Gasteiger partial charge in [0.25, 0.3) is 0 Å². The van der Waals surface area contributed by atoms with Crippen LogP contribution in [0, 0.1) is 0 Å². The van der Waals surface area contributed by atoms with Gasteiger partial charge < -0.3 is 10.1 Å². The molecule has 1 N–H and O–H groups in total. The molecule has 0 radical (unpaired) electrons. The molecule has 3 nitrogen and oxygen atoms in total. The first-order valence-corrected chi connectivity index (χ1v) is 8.45. The molecule has 0 bridgehead atoms. The lowest BCUT2D eigenvalue weighted by Gasteiger charge is -2.38. The first kappa shape index (κ1) is 14.9. The largest absolute Gasteiger partial charge is 0.492 e. The highest BCUT2D eigenvalue weighted by molar-refractivity contribution is 5.37. The second kappa shape index (κ2) is 6.80. The third-order valence-corrected chi connectivity index (χ3v) is 4.84. The van der Waals surface area contributed by atoms with Crippen LogP contribution < -0.4 is 10.1 Å². The molecular weight excluding hydrogens is 260 g/mol. The molecule has 0 spiro atoms. The van der Waals surface area contributed by atoms with Crippen molar-refractivity contribution in [3.8, 4) is 5.75 Å². The van der Waals surface area contributed by atoms with Crippen molar-refractivity contribution in [2.75, 3.05) is 19.7 Å². The average Bonchev–Trinajstić information content (AvgIpc) is 2.53. The highest BCUT2D eigenvalue weighted by Crippen LogP contribution is 2.23. The third kappa shape index (κ3) is 3.58. The van der Waals surface area contributed by atoms with E-state index in [-0.39, 0.29) is 0 Å². The van der Waals surface area contributed by atoms with E-state index >= 15 is 0 Å². The van der Waals surface area contributed by atoms with Gasteiger partial charge >= 0.3 is 0 Å². The van der Waals surface area contributed by atoms with Gasteiger partial charge in [0, 0.05) is 18.6 Å². The standard InChI is InChI=1S/C18H28N2O/c1-14(2)20-10-4-3-5-17(20)13-21-18-7-6-15-8-9-19-12-16(15)11-18/h6-7,11,14,17,19H,3-5,8-10,12-13H2,1-2H3. The Kier molecular flexibility index (Phi) is 4.81. The highest BCUT2D eigenvalue weighted by Gasteiger charge is 2.25. The van der Waals surface area contributed by atoms with E-state index in [0.29, 0.717) is 12.1 Å². The lowest BCUT2D eigenvalue weighted by Crippen LogP contribution is -2.46. The second-order valence-corrected chi connectivity index (χ2v) is 6.65. The van der Waals surface area contributed by atoms with E-state index < -0.39 is 0 Å². The molecule has 1 aromatic rings. The van der Waals surface area contributed by atoms with E-state index in [0.717, 1.165) is 31.9 Å². The van der Waals surface area contributed by atoms with Crippen LogP contribution in [-0.2, 0) is 13.0 Å². The topological polar surface area (TPSA) is 24.5 Å². The van der Waals surface area contributed by atoms with Gasteiger partial charge in [0.15, 0.2) is 0 Å². The summed E-state index contributed by atoms with van der Waals surface area (Å²) < 4.78 is 6.12. The Bertz CT molecular complexity index is 472. The number of ether oxygens (including phenoxy) is 1. The fourth-order valence-corrected chi connectivity index (χ4v) is 3.62. The maximum Gasteiger partial charge on any atom is 0.119 e. The zero-order chi connectivity index (χ0) is 14.7. The summed E-state index contributed by atoms with van der Waals surface area (Å²) in [6.45, 7) is 8.71. The maximum absolute atomic E-state index is 6.12. The summed E-state index contributed by atoms with van der Waals surface area (Å²) in [7, 11) is 0. The van der Waals surface area contributed by atoms with Crippen LogP contribution in [0.1, 0.15) is 44.2 Å². The molecule has 2 heterocycles. The van der Waals surface area contributed by atoms with Gasteiger partial charge in [-0.05, 0) is 69.5 Å². The summed E-state index contributed by atoms with van der Waals surface area (Å²) >= 11 is 0. The molecule has 1 atom stereocenters. The number of benzene rings is 1. The van der Waals surface area contributed by atoms with Gasteiger partial charge in [-0.2, -0.15) is 0 Å². The Balaban J connectivity index is 1.61. The molecule has 116 valence electrons. The molecule has 0 aliphatic carbocycles. The van der Waals surface area contributed by atoms with Gasteiger partial charge in [0.2, 0.25) is 0 Å². The number of nitrogens with zero attached hydrogens (tertiary/aromatic N) is 1. The smallest absolute Gasteiger partial charge is 0.119 e. The zero-order valence-corrected chi connectivity index (χ0v) is 13.4. The van der Waals surface area contributed by atoms with E-state index in [1.807, 2.05) is 0 Å². The summed E-state index contributed by atoms with van der Waals surface area (Å²) in [5.74, 6) is 1.03. The number of rotatable bonds is 4. The van der Waals surface area contributed by atoms with Crippen LogP contribution in [0.15, 0.2) is 18.2 Å². The van der Waals surface area contributed by atoms with Gasteiger partial charge in [0.1, 0.15) is 12.4 Å². The van der Waals surface area contributed by atoms with Crippen LogP contribution in [0.4, 0.5) is 0 Å². The Morgan fingerprint density at radius 3 is 3.05 bits per heavy atom.